The van der Waals surface area contributed by atoms with Gasteiger partial charge in [0.05, 0.1) is 6.54 Å². The largest absolute Gasteiger partial charge is 0.351 e. The zero-order chi connectivity index (χ0) is 26.8. The van der Waals surface area contributed by atoms with Crippen molar-refractivity contribution in [2.45, 2.75) is 76.5 Å². The Labute approximate surface area is 230 Å². The lowest BCUT2D eigenvalue weighted by molar-refractivity contribution is -0.136. The number of nitrogens with one attached hydrogen (secondary N) is 1. The minimum absolute atomic E-state index is 0.0799. The highest BCUT2D eigenvalue weighted by atomic mass is 16.2. The number of carbonyl (C=O) groups excluding carboxylic acids is 2. The van der Waals surface area contributed by atoms with Crippen LogP contribution in [-0.4, -0.2) is 27.3 Å². The molecule has 2 aliphatic rings. The Hall–Kier alpha value is -3.86. The van der Waals surface area contributed by atoms with Crippen molar-refractivity contribution in [2.24, 2.45) is 0 Å². The summed E-state index contributed by atoms with van der Waals surface area (Å²) in [6.45, 7) is 2.79. The highest BCUT2D eigenvalue weighted by Crippen LogP contribution is 2.40. The monoisotopic (exact) mass is 519 g/mol. The zero-order valence-electron chi connectivity index (χ0n) is 22.7. The molecule has 3 aromatic carbocycles. The van der Waals surface area contributed by atoms with E-state index in [0.29, 0.717) is 18.8 Å². The van der Waals surface area contributed by atoms with Gasteiger partial charge in [0.25, 0.3) is 11.8 Å². The van der Waals surface area contributed by atoms with Crippen LogP contribution < -0.4 is 5.32 Å². The maximum Gasteiger partial charge on any atom is 0.272 e. The Balaban J connectivity index is 1.52. The van der Waals surface area contributed by atoms with Gasteiger partial charge in [-0.15, -0.1) is 0 Å². The van der Waals surface area contributed by atoms with Crippen LogP contribution in [-0.2, 0) is 23.4 Å². The molecule has 1 aromatic heterocycles. The predicted molar refractivity (Wildman–Crippen MR) is 155 cm³/mol. The van der Waals surface area contributed by atoms with E-state index < -0.39 is 5.54 Å². The molecule has 0 radical (unpaired) electrons. The Bertz CT molecular complexity index is 1470. The van der Waals surface area contributed by atoms with E-state index in [4.69, 9.17) is 0 Å². The van der Waals surface area contributed by atoms with Crippen molar-refractivity contribution >= 4 is 22.7 Å². The Kier molecular flexibility index (Phi) is 6.99. The summed E-state index contributed by atoms with van der Waals surface area (Å²) in [6, 6.07) is 28.3. The molecule has 1 N–H and O–H groups in total. The van der Waals surface area contributed by atoms with Crippen molar-refractivity contribution in [1.29, 1.82) is 0 Å². The van der Waals surface area contributed by atoms with Crippen molar-refractivity contribution in [3.8, 4) is 0 Å². The van der Waals surface area contributed by atoms with Crippen LogP contribution in [0.5, 0.6) is 0 Å². The highest BCUT2D eigenvalue weighted by Gasteiger charge is 2.52. The molecule has 2 heterocycles. The SMILES string of the molecule is Cc1ccc2cc3n(c2c1)CC(C(=O)NC1CCCCCCC1)(c1ccccc1)N(Cc1ccccc1)C3=O. The summed E-state index contributed by atoms with van der Waals surface area (Å²) in [5, 5.41) is 4.49. The number of aryl methyl sites for hydroxylation is 1. The maximum absolute atomic E-state index is 14.7. The van der Waals surface area contributed by atoms with E-state index >= 15 is 0 Å². The molecular formula is C34H37N3O2. The van der Waals surface area contributed by atoms with Crippen molar-refractivity contribution < 1.29 is 9.59 Å². The van der Waals surface area contributed by atoms with Gasteiger partial charge in [0.2, 0.25) is 0 Å². The van der Waals surface area contributed by atoms with E-state index in [2.05, 4.69) is 35.0 Å². The number of hydrogen-bond acceptors (Lipinski definition) is 2. The van der Waals surface area contributed by atoms with Gasteiger partial charge in [0, 0.05) is 23.5 Å². The summed E-state index contributed by atoms with van der Waals surface area (Å²) in [5.41, 5.74) is 3.43. The van der Waals surface area contributed by atoms with Gasteiger partial charge in [-0.1, -0.05) is 105 Å². The number of carbonyl (C=O) groups is 2. The lowest BCUT2D eigenvalue weighted by Crippen LogP contribution is -2.64. The fourth-order valence-corrected chi connectivity index (χ4v) is 6.50. The lowest BCUT2D eigenvalue weighted by Gasteiger charge is -2.47. The summed E-state index contributed by atoms with van der Waals surface area (Å²) in [4.78, 5) is 31.1. The quantitative estimate of drug-likeness (QED) is 0.318. The molecule has 1 fully saturated rings. The van der Waals surface area contributed by atoms with E-state index in [0.717, 1.165) is 53.3 Å². The molecule has 4 aromatic rings. The van der Waals surface area contributed by atoms with E-state index in [1.165, 1.54) is 19.3 Å². The third kappa shape index (κ3) is 4.75. The molecule has 1 atom stereocenters. The number of rotatable bonds is 5. The standard InChI is InChI=1S/C34H37N3O2/c1-25-19-20-27-22-31-32(38)37(23-26-13-7-5-8-14-26)34(24-36(31)30(27)21-25,28-15-9-6-10-16-28)33(39)35-29-17-11-3-2-4-12-18-29/h5-10,13-16,19-22,29H,2-4,11-12,17-18,23-24H2,1H3,(H,35,39). The summed E-state index contributed by atoms with van der Waals surface area (Å²) < 4.78 is 2.08. The lowest BCUT2D eigenvalue weighted by atomic mass is 9.83. The summed E-state index contributed by atoms with van der Waals surface area (Å²) in [7, 11) is 0. The van der Waals surface area contributed by atoms with Crippen LogP contribution in [0.2, 0.25) is 0 Å². The first-order chi connectivity index (χ1) is 19.1. The summed E-state index contributed by atoms with van der Waals surface area (Å²) >= 11 is 0. The first kappa shape index (κ1) is 25.4. The second kappa shape index (κ2) is 10.7. The highest BCUT2D eigenvalue weighted by molar-refractivity contribution is 6.04. The first-order valence-corrected chi connectivity index (χ1v) is 14.4. The van der Waals surface area contributed by atoms with Gasteiger partial charge in [0.1, 0.15) is 5.69 Å². The van der Waals surface area contributed by atoms with E-state index in [-0.39, 0.29) is 17.9 Å². The zero-order valence-corrected chi connectivity index (χ0v) is 22.7. The molecule has 1 saturated carbocycles. The van der Waals surface area contributed by atoms with Crippen molar-refractivity contribution in [3.05, 3.63) is 107 Å². The van der Waals surface area contributed by atoms with Crippen LogP contribution in [0.25, 0.3) is 10.9 Å². The average Bonchev–Trinajstić information content (AvgIpc) is 3.30. The summed E-state index contributed by atoms with van der Waals surface area (Å²) in [6.07, 6.45) is 7.93. The number of hydrogen-bond donors (Lipinski definition) is 1. The van der Waals surface area contributed by atoms with Gasteiger partial charge in [-0.05, 0) is 48.6 Å². The molecule has 5 heteroatoms. The fourth-order valence-electron chi connectivity index (χ4n) is 6.50. The van der Waals surface area contributed by atoms with Crippen LogP contribution in [0.4, 0.5) is 0 Å². The first-order valence-electron chi connectivity index (χ1n) is 14.4. The Morgan fingerprint density at radius 1 is 0.872 bits per heavy atom. The number of aromatic nitrogens is 1. The minimum Gasteiger partial charge on any atom is -0.351 e. The molecule has 39 heavy (non-hydrogen) atoms. The van der Waals surface area contributed by atoms with E-state index in [1.807, 2.05) is 71.6 Å². The number of nitrogens with zero attached hydrogens (tertiary/aromatic N) is 2. The molecule has 2 amide bonds. The van der Waals surface area contributed by atoms with Crippen LogP contribution in [0.3, 0.4) is 0 Å². The van der Waals surface area contributed by atoms with Crippen molar-refractivity contribution in [2.75, 3.05) is 0 Å². The molecule has 1 aliphatic carbocycles. The molecule has 1 unspecified atom stereocenters. The van der Waals surface area contributed by atoms with Crippen LogP contribution >= 0.6 is 0 Å². The Morgan fingerprint density at radius 2 is 1.54 bits per heavy atom. The third-order valence-electron chi connectivity index (χ3n) is 8.62. The van der Waals surface area contributed by atoms with Gasteiger partial charge in [-0.3, -0.25) is 9.59 Å². The molecule has 1 aliphatic heterocycles. The molecule has 200 valence electrons. The van der Waals surface area contributed by atoms with Gasteiger partial charge >= 0.3 is 0 Å². The second-order valence-corrected chi connectivity index (χ2v) is 11.3. The smallest absolute Gasteiger partial charge is 0.272 e. The summed E-state index contributed by atoms with van der Waals surface area (Å²) in [5.74, 6) is -0.195. The number of benzene rings is 3. The van der Waals surface area contributed by atoms with Crippen LogP contribution in [0, 0.1) is 6.92 Å². The van der Waals surface area contributed by atoms with Crippen LogP contribution in [0.1, 0.15) is 72.1 Å². The maximum atomic E-state index is 14.7. The Morgan fingerprint density at radius 3 is 2.26 bits per heavy atom. The van der Waals surface area contributed by atoms with Gasteiger partial charge < -0.3 is 14.8 Å². The third-order valence-corrected chi connectivity index (χ3v) is 8.62. The van der Waals surface area contributed by atoms with Crippen molar-refractivity contribution in [3.63, 3.8) is 0 Å². The molecule has 0 spiro atoms. The molecule has 0 saturated heterocycles. The topological polar surface area (TPSA) is 54.3 Å². The normalized spacial score (nSPS) is 20.3. The average molecular weight is 520 g/mol. The molecule has 0 bridgehead atoms. The van der Waals surface area contributed by atoms with Gasteiger partial charge in [0.15, 0.2) is 5.54 Å². The molecule has 6 rings (SSSR count). The number of fused-ring (bicyclic) bond motifs is 3. The van der Waals surface area contributed by atoms with Gasteiger partial charge in [-0.25, -0.2) is 0 Å². The van der Waals surface area contributed by atoms with E-state index in [1.54, 1.807) is 0 Å². The second-order valence-electron chi connectivity index (χ2n) is 11.3. The van der Waals surface area contributed by atoms with E-state index in [9.17, 15) is 9.59 Å². The minimum atomic E-state index is -1.18. The molecule has 5 nitrogen and oxygen atoms in total. The number of amides is 2. The molecular weight excluding hydrogens is 482 g/mol. The van der Waals surface area contributed by atoms with Crippen LogP contribution in [0.15, 0.2) is 84.9 Å². The fraction of sp³-hybridized carbons (Fsp3) is 0.353. The van der Waals surface area contributed by atoms with Crippen molar-refractivity contribution in [1.82, 2.24) is 14.8 Å². The predicted octanol–water partition coefficient (Wildman–Crippen LogP) is 6.73. The van der Waals surface area contributed by atoms with Gasteiger partial charge in [-0.2, -0.15) is 0 Å².